The number of nitrogens with one attached hydrogen (secondary N) is 1. The van der Waals surface area contributed by atoms with Gasteiger partial charge in [0.2, 0.25) is 5.91 Å². The first kappa shape index (κ1) is 18.3. The van der Waals surface area contributed by atoms with Crippen LogP contribution in [0.4, 0.5) is 10.2 Å². The molecule has 148 valence electrons. The number of benzene rings is 2. The Kier molecular flexibility index (Phi) is 4.61. The van der Waals surface area contributed by atoms with E-state index in [0.29, 0.717) is 11.5 Å². The van der Waals surface area contributed by atoms with Crippen molar-refractivity contribution >= 4 is 28.0 Å². The second kappa shape index (κ2) is 7.57. The van der Waals surface area contributed by atoms with Crippen molar-refractivity contribution in [1.82, 2.24) is 19.2 Å². The van der Waals surface area contributed by atoms with Gasteiger partial charge in [-0.25, -0.2) is 14.1 Å². The lowest BCUT2D eigenvalue weighted by atomic mass is 10.1. The van der Waals surface area contributed by atoms with Gasteiger partial charge in [0.25, 0.3) is 0 Å². The average molecular weight is 417 g/mol. The fourth-order valence-corrected chi connectivity index (χ4v) is 3.98. The van der Waals surface area contributed by atoms with Crippen LogP contribution in [0.3, 0.4) is 0 Å². The molecule has 0 spiro atoms. The maximum absolute atomic E-state index is 13.3. The SMILES string of the molecule is O=C(Cc1ccc(-n2cccn2)cc1)Nc1c(-c2ccc(F)cc2)nc2sccn12. The van der Waals surface area contributed by atoms with Gasteiger partial charge in [-0.3, -0.25) is 9.20 Å². The third-order valence-electron chi connectivity index (χ3n) is 4.71. The highest BCUT2D eigenvalue weighted by atomic mass is 32.1. The van der Waals surface area contributed by atoms with E-state index in [2.05, 4.69) is 15.4 Å². The van der Waals surface area contributed by atoms with E-state index in [4.69, 9.17) is 0 Å². The summed E-state index contributed by atoms with van der Waals surface area (Å²) in [4.78, 5) is 18.1. The maximum atomic E-state index is 13.3. The molecule has 8 heteroatoms. The Bertz CT molecular complexity index is 1300. The number of halogens is 1. The van der Waals surface area contributed by atoms with Crippen molar-refractivity contribution < 1.29 is 9.18 Å². The standard InChI is InChI=1S/C22H16FN5OS/c23-17-6-4-16(5-7-17)20-21(27-12-13-30-22(27)26-20)25-19(29)14-15-2-8-18(9-3-15)28-11-1-10-24-28/h1-13H,14H2,(H,25,29). The molecule has 2 aromatic carbocycles. The summed E-state index contributed by atoms with van der Waals surface area (Å²) < 4.78 is 16.9. The van der Waals surface area contributed by atoms with Crippen molar-refractivity contribution in [2.24, 2.45) is 0 Å². The second-order valence-corrected chi connectivity index (χ2v) is 7.59. The van der Waals surface area contributed by atoms with Gasteiger partial charge in [-0.15, -0.1) is 11.3 Å². The van der Waals surface area contributed by atoms with Crippen LogP contribution in [0.1, 0.15) is 5.56 Å². The van der Waals surface area contributed by atoms with Crippen LogP contribution in [0.2, 0.25) is 0 Å². The molecule has 3 aromatic heterocycles. The van der Waals surface area contributed by atoms with Gasteiger partial charge in [0.05, 0.1) is 12.1 Å². The smallest absolute Gasteiger partial charge is 0.229 e. The zero-order valence-corrected chi connectivity index (χ0v) is 16.5. The third-order valence-corrected chi connectivity index (χ3v) is 5.46. The number of carbonyl (C=O) groups is 1. The Balaban J connectivity index is 1.38. The first-order valence-electron chi connectivity index (χ1n) is 9.28. The van der Waals surface area contributed by atoms with Gasteiger partial charge in [-0.2, -0.15) is 5.10 Å². The Labute approximate surface area is 175 Å². The molecule has 30 heavy (non-hydrogen) atoms. The molecule has 0 aliphatic rings. The molecule has 0 saturated carbocycles. The molecule has 6 nitrogen and oxygen atoms in total. The van der Waals surface area contributed by atoms with Gasteiger partial charge in [0, 0.05) is 29.5 Å². The van der Waals surface area contributed by atoms with Gasteiger partial charge < -0.3 is 5.32 Å². The molecular weight excluding hydrogens is 401 g/mol. The van der Waals surface area contributed by atoms with Crippen molar-refractivity contribution in [1.29, 1.82) is 0 Å². The fourth-order valence-electron chi connectivity index (χ4n) is 3.26. The van der Waals surface area contributed by atoms with Crippen molar-refractivity contribution in [3.05, 3.63) is 89.9 Å². The van der Waals surface area contributed by atoms with Crippen molar-refractivity contribution in [2.45, 2.75) is 6.42 Å². The van der Waals surface area contributed by atoms with Crippen LogP contribution >= 0.6 is 11.3 Å². The molecule has 0 aliphatic carbocycles. The molecule has 1 amide bonds. The monoisotopic (exact) mass is 417 g/mol. The summed E-state index contributed by atoms with van der Waals surface area (Å²) >= 11 is 1.47. The molecule has 0 bridgehead atoms. The predicted octanol–water partition coefficient (Wildman–Crippen LogP) is 4.57. The Morgan fingerprint density at radius 1 is 1.07 bits per heavy atom. The van der Waals surface area contributed by atoms with Crippen molar-refractivity contribution in [3.63, 3.8) is 0 Å². The van der Waals surface area contributed by atoms with E-state index in [-0.39, 0.29) is 18.1 Å². The molecule has 0 atom stereocenters. The Morgan fingerprint density at radius 2 is 1.87 bits per heavy atom. The first-order valence-corrected chi connectivity index (χ1v) is 10.2. The molecule has 5 aromatic rings. The molecule has 3 heterocycles. The van der Waals surface area contributed by atoms with Gasteiger partial charge in [-0.05, 0) is 48.0 Å². The number of hydrogen-bond acceptors (Lipinski definition) is 4. The summed E-state index contributed by atoms with van der Waals surface area (Å²) in [6.07, 6.45) is 5.66. The minimum Gasteiger partial charge on any atom is -0.310 e. The van der Waals surface area contributed by atoms with Crippen LogP contribution in [0.15, 0.2) is 78.6 Å². The number of anilines is 1. The number of amides is 1. The number of aromatic nitrogens is 4. The van der Waals surface area contributed by atoms with E-state index < -0.39 is 0 Å². The summed E-state index contributed by atoms with van der Waals surface area (Å²) in [5, 5.41) is 9.08. The summed E-state index contributed by atoms with van der Waals surface area (Å²) in [5.74, 6) is 0.109. The van der Waals surface area contributed by atoms with E-state index in [0.717, 1.165) is 21.8 Å². The zero-order chi connectivity index (χ0) is 20.5. The summed E-state index contributed by atoms with van der Waals surface area (Å²) in [6, 6.07) is 15.6. The topological polar surface area (TPSA) is 64.2 Å². The zero-order valence-electron chi connectivity index (χ0n) is 15.7. The quantitative estimate of drug-likeness (QED) is 0.456. The highest BCUT2D eigenvalue weighted by molar-refractivity contribution is 7.15. The molecule has 0 aliphatic heterocycles. The normalized spacial score (nSPS) is 11.1. The average Bonchev–Trinajstić information content (AvgIpc) is 3.48. The Morgan fingerprint density at radius 3 is 2.60 bits per heavy atom. The minimum atomic E-state index is -0.316. The van der Waals surface area contributed by atoms with Crippen LogP contribution in [0, 0.1) is 5.82 Å². The minimum absolute atomic E-state index is 0.154. The van der Waals surface area contributed by atoms with Crippen LogP contribution < -0.4 is 5.32 Å². The lowest BCUT2D eigenvalue weighted by molar-refractivity contribution is -0.115. The summed E-state index contributed by atoms with van der Waals surface area (Å²) in [5.41, 5.74) is 3.17. The van der Waals surface area contributed by atoms with E-state index >= 15 is 0 Å². The predicted molar refractivity (Wildman–Crippen MR) is 114 cm³/mol. The molecule has 1 N–H and O–H groups in total. The van der Waals surface area contributed by atoms with Crippen molar-refractivity contribution in [3.8, 4) is 16.9 Å². The number of thiazole rings is 1. The van der Waals surface area contributed by atoms with Gasteiger partial charge in [-0.1, -0.05) is 12.1 Å². The Hall–Kier alpha value is -3.78. The highest BCUT2D eigenvalue weighted by Crippen LogP contribution is 2.31. The number of carbonyl (C=O) groups excluding carboxylic acids is 1. The van der Waals surface area contributed by atoms with Crippen LogP contribution in [0.25, 0.3) is 21.9 Å². The lowest BCUT2D eigenvalue weighted by Crippen LogP contribution is -2.16. The van der Waals surface area contributed by atoms with Crippen LogP contribution in [-0.4, -0.2) is 25.1 Å². The van der Waals surface area contributed by atoms with E-state index in [1.54, 1.807) is 23.0 Å². The van der Waals surface area contributed by atoms with Crippen LogP contribution in [0.5, 0.6) is 0 Å². The molecule has 0 fully saturated rings. The maximum Gasteiger partial charge on any atom is 0.229 e. The first-order chi connectivity index (χ1) is 14.7. The molecule has 0 radical (unpaired) electrons. The number of imidazole rings is 1. The third kappa shape index (κ3) is 3.48. The molecule has 0 unspecified atom stereocenters. The second-order valence-electron chi connectivity index (χ2n) is 6.71. The summed E-state index contributed by atoms with van der Waals surface area (Å²) in [7, 11) is 0. The largest absolute Gasteiger partial charge is 0.310 e. The van der Waals surface area contributed by atoms with Crippen molar-refractivity contribution in [2.75, 3.05) is 5.32 Å². The van der Waals surface area contributed by atoms with Crippen LogP contribution in [-0.2, 0) is 11.2 Å². The van der Waals surface area contributed by atoms with E-state index in [1.165, 1.54) is 23.5 Å². The fraction of sp³-hybridized carbons (Fsp3) is 0.0455. The molecular formula is C22H16FN5OS. The van der Waals surface area contributed by atoms with Gasteiger partial charge in [0.15, 0.2) is 4.96 Å². The number of rotatable bonds is 5. The molecule has 0 saturated heterocycles. The van der Waals surface area contributed by atoms with E-state index in [9.17, 15) is 9.18 Å². The van der Waals surface area contributed by atoms with Gasteiger partial charge in [0.1, 0.15) is 17.3 Å². The lowest BCUT2D eigenvalue weighted by Gasteiger charge is -2.08. The summed E-state index contributed by atoms with van der Waals surface area (Å²) in [6.45, 7) is 0. The van der Waals surface area contributed by atoms with Gasteiger partial charge >= 0.3 is 0 Å². The number of hydrogen-bond donors (Lipinski definition) is 1. The van der Waals surface area contributed by atoms with E-state index in [1.807, 2.05) is 52.5 Å². The number of fused-ring (bicyclic) bond motifs is 1. The highest BCUT2D eigenvalue weighted by Gasteiger charge is 2.17. The number of nitrogens with zero attached hydrogens (tertiary/aromatic N) is 4. The molecule has 5 rings (SSSR count).